The van der Waals surface area contributed by atoms with Gasteiger partial charge in [0.05, 0.1) is 6.61 Å². The number of hydrogen-bond acceptors (Lipinski definition) is 3. The van der Waals surface area contributed by atoms with Crippen molar-refractivity contribution in [3.8, 4) is 0 Å². The largest absolute Gasteiger partial charge is 0.465 e. The van der Waals surface area contributed by atoms with E-state index in [-0.39, 0.29) is 12.4 Å². The van der Waals surface area contributed by atoms with Crippen molar-refractivity contribution in [2.45, 2.75) is 13.0 Å². The summed E-state index contributed by atoms with van der Waals surface area (Å²) in [6, 6.07) is 3.40. The predicted molar refractivity (Wildman–Crippen MR) is 61.8 cm³/mol. The summed E-state index contributed by atoms with van der Waals surface area (Å²) >= 11 is 0. The van der Waals surface area contributed by atoms with Crippen molar-refractivity contribution in [2.24, 2.45) is 5.73 Å². The molecule has 0 aliphatic carbocycles. The molecular weight excluding hydrogens is 223 g/mol. The van der Waals surface area contributed by atoms with Crippen LogP contribution < -0.4 is 5.73 Å². The highest BCUT2D eigenvalue weighted by atomic mass is 19.1. The Morgan fingerprint density at radius 1 is 1.59 bits per heavy atom. The molecule has 1 heterocycles. The second-order valence-corrected chi connectivity index (χ2v) is 3.66. The number of halogens is 1. The van der Waals surface area contributed by atoms with Crippen LogP contribution in [-0.4, -0.2) is 17.6 Å². The van der Waals surface area contributed by atoms with E-state index in [0.717, 1.165) is 5.52 Å². The first kappa shape index (κ1) is 11.6. The molecule has 90 valence electrons. The number of nitrogens with two attached hydrogens (primary N) is 1. The van der Waals surface area contributed by atoms with Crippen LogP contribution in [0.25, 0.3) is 10.9 Å². The SMILES string of the molecule is CCOC(=O)[C@@H](N)c1c[nH]c2ccc(F)cc12. The molecule has 17 heavy (non-hydrogen) atoms. The van der Waals surface area contributed by atoms with Crippen molar-refractivity contribution in [1.29, 1.82) is 0 Å². The third kappa shape index (κ3) is 2.14. The van der Waals surface area contributed by atoms with Gasteiger partial charge in [-0.3, -0.25) is 0 Å². The Kier molecular flexibility index (Phi) is 3.10. The molecule has 0 spiro atoms. The van der Waals surface area contributed by atoms with E-state index in [9.17, 15) is 9.18 Å². The number of aromatic amines is 1. The van der Waals surface area contributed by atoms with Crippen molar-refractivity contribution in [2.75, 3.05) is 6.61 Å². The normalized spacial score (nSPS) is 12.6. The van der Waals surface area contributed by atoms with Crippen LogP contribution in [0.1, 0.15) is 18.5 Å². The van der Waals surface area contributed by atoms with Crippen LogP contribution in [0.2, 0.25) is 0 Å². The number of rotatable bonds is 3. The van der Waals surface area contributed by atoms with Gasteiger partial charge in [0.25, 0.3) is 0 Å². The zero-order valence-electron chi connectivity index (χ0n) is 9.37. The standard InChI is InChI=1S/C12H13FN2O2/c1-2-17-12(16)11(14)9-6-15-10-4-3-7(13)5-8(9)10/h3-6,11,15H,2,14H2,1H3/t11-/m0/s1. The Morgan fingerprint density at radius 2 is 2.35 bits per heavy atom. The maximum Gasteiger partial charge on any atom is 0.327 e. The molecule has 0 saturated carbocycles. The quantitative estimate of drug-likeness (QED) is 0.799. The number of nitrogens with one attached hydrogen (secondary N) is 1. The molecular formula is C12H13FN2O2. The summed E-state index contributed by atoms with van der Waals surface area (Å²) in [6.07, 6.45) is 1.60. The topological polar surface area (TPSA) is 68.1 Å². The van der Waals surface area contributed by atoms with Crippen LogP contribution >= 0.6 is 0 Å². The third-order valence-corrected chi connectivity index (χ3v) is 2.55. The lowest BCUT2D eigenvalue weighted by molar-refractivity contribution is -0.144. The van der Waals surface area contributed by atoms with Gasteiger partial charge in [-0.15, -0.1) is 0 Å². The number of esters is 1. The lowest BCUT2D eigenvalue weighted by Gasteiger charge is -2.09. The summed E-state index contributed by atoms with van der Waals surface area (Å²) in [5.74, 6) is -0.882. The van der Waals surface area contributed by atoms with Crippen molar-refractivity contribution >= 4 is 16.9 Å². The maximum absolute atomic E-state index is 13.1. The molecule has 0 fully saturated rings. The van der Waals surface area contributed by atoms with Gasteiger partial charge in [0, 0.05) is 22.7 Å². The molecule has 1 aromatic carbocycles. The second kappa shape index (κ2) is 4.55. The maximum atomic E-state index is 13.1. The van der Waals surface area contributed by atoms with Crippen molar-refractivity contribution in [3.63, 3.8) is 0 Å². The smallest absolute Gasteiger partial charge is 0.327 e. The third-order valence-electron chi connectivity index (χ3n) is 2.55. The lowest BCUT2D eigenvalue weighted by Crippen LogP contribution is -2.23. The molecule has 5 heteroatoms. The molecule has 0 bridgehead atoms. The van der Waals surface area contributed by atoms with E-state index in [0.29, 0.717) is 10.9 Å². The van der Waals surface area contributed by atoms with Gasteiger partial charge in [0.1, 0.15) is 11.9 Å². The molecule has 0 amide bonds. The summed E-state index contributed by atoms with van der Waals surface area (Å²) in [6.45, 7) is 1.97. The highest BCUT2D eigenvalue weighted by Gasteiger charge is 2.20. The molecule has 1 aromatic heterocycles. The zero-order chi connectivity index (χ0) is 12.4. The van der Waals surface area contributed by atoms with E-state index in [2.05, 4.69) is 4.98 Å². The van der Waals surface area contributed by atoms with E-state index in [1.807, 2.05) is 0 Å². The molecule has 0 aliphatic rings. The van der Waals surface area contributed by atoms with Crippen molar-refractivity contribution in [1.82, 2.24) is 4.98 Å². The van der Waals surface area contributed by atoms with E-state index in [4.69, 9.17) is 10.5 Å². The Morgan fingerprint density at radius 3 is 3.06 bits per heavy atom. The van der Waals surface area contributed by atoms with Crippen LogP contribution in [0.15, 0.2) is 24.4 Å². The first-order chi connectivity index (χ1) is 8.13. The average molecular weight is 236 g/mol. The molecule has 2 aromatic rings. The second-order valence-electron chi connectivity index (χ2n) is 3.66. The Balaban J connectivity index is 2.41. The number of carbonyl (C=O) groups excluding carboxylic acids is 1. The number of aromatic nitrogens is 1. The van der Waals surface area contributed by atoms with Gasteiger partial charge in [0.2, 0.25) is 0 Å². The average Bonchev–Trinajstić information content (AvgIpc) is 2.71. The van der Waals surface area contributed by atoms with Gasteiger partial charge in [0.15, 0.2) is 0 Å². The van der Waals surface area contributed by atoms with Crippen LogP contribution in [0, 0.1) is 5.82 Å². The first-order valence-electron chi connectivity index (χ1n) is 5.32. The Bertz CT molecular complexity index is 550. The predicted octanol–water partition coefficient (Wildman–Crippen LogP) is 1.87. The van der Waals surface area contributed by atoms with Crippen LogP contribution in [-0.2, 0) is 9.53 Å². The van der Waals surface area contributed by atoms with Crippen LogP contribution in [0.4, 0.5) is 4.39 Å². The molecule has 3 N–H and O–H groups in total. The summed E-state index contributed by atoms with van der Waals surface area (Å²) < 4.78 is 18.0. The van der Waals surface area contributed by atoms with Gasteiger partial charge in [-0.25, -0.2) is 9.18 Å². The first-order valence-corrected chi connectivity index (χ1v) is 5.32. The fraction of sp³-hybridized carbons (Fsp3) is 0.250. The van der Waals surface area contributed by atoms with Crippen molar-refractivity contribution < 1.29 is 13.9 Å². The van der Waals surface area contributed by atoms with E-state index in [1.165, 1.54) is 12.1 Å². The Hall–Kier alpha value is -1.88. The molecule has 2 rings (SSSR count). The Labute approximate surface area is 97.6 Å². The molecule has 4 nitrogen and oxygen atoms in total. The van der Waals surface area contributed by atoms with Gasteiger partial charge < -0.3 is 15.5 Å². The van der Waals surface area contributed by atoms with E-state index >= 15 is 0 Å². The number of benzene rings is 1. The number of ether oxygens (including phenoxy) is 1. The molecule has 1 atom stereocenters. The lowest BCUT2D eigenvalue weighted by atomic mass is 10.1. The van der Waals surface area contributed by atoms with Crippen LogP contribution in [0.5, 0.6) is 0 Å². The summed E-state index contributed by atoms with van der Waals surface area (Å²) in [4.78, 5) is 14.5. The molecule has 0 radical (unpaired) electrons. The zero-order valence-corrected chi connectivity index (χ0v) is 9.37. The van der Waals surface area contributed by atoms with Crippen molar-refractivity contribution in [3.05, 3.63) is 35.8 Å². The van der Waals surface area contributed by atoms with Gasteiger partial charge in [-0.05, 0) is 25.1 Å². The number of hydrogen-bond donors (Lipinski definition) is 2. The summed E-state index contributed by atoms with van der Waals surface area (Å²) in [5, 5.41) is 0.602. The molecule has 0 unspecified atom stereocenters. The van der Waals surface area contributed by atoms with Crippen LogP contribution in [0.3, 0.4) is 0 Å². The van der Waals surface area contributed by atoms with E-state index < -0.39 is 12.0 Å². The molecule has 0 saturated heterocycles. The number of fused-ring (bicyclic) bond motifs is 1. The highest BCUT2D eigenvalue weighted by molar-refractivity contribution is 5.89. The van der Waals surface area contributed by atoms with Gasteiger partial charge in [-0.1, -0.05) is 0 Å². The van der Waals surface area contributed by atoms with E-state index in [1.54, 1.807) is 19.2 Å². The monoisotopic (exact) mass is 236 g/mol. The summed E-state index contributed by atoms with van der Waals surface area (Å²) in [7, 11) is 0. The minimum atomic E-state index is -0.898. The minimum absolute atomic E-state index is 0.267. The fourth-order valence-corrected chi connectivity index (χ4v) is 1.73. The highest BCUT2D eigenvalue weighted by Crippen LogP contribution is 2.24. The number of carbonyl (C=O) groups is 1. The fourth-order valence-electron chi connectivity index (χ4n) is 1.73. The van der Waals surface area contributed by atoms with Gasteiger partial charge >= 0.3 is 5.97 Å². The number of H-pyrrole nitrogens is 1. The minimum Gasteiger partial charge on any atom is -0.465 e. The summed E-state index contributed by atoms with van der Waals surface area (Å²) in [5.41, 5.74) is 7.05. The van der Waals surface area contributed by atoms with Gasteiger partial charge in [-0.2, -0.15) is 0 Å². The molecule has 0 aliphatic heterocycles.